The van der Waals surface area contributed by atoms with Crippen molar-refractivity contribution in [2.45, 2.75) is 31.2 Å². The molecule has 1 aliphatic carbocycles. The summed E-state index contributed by atoms with van der Waals surface area (Å²) in [4.78, 5) is 23.2. The Bertz CT molecular complexity index is 478. The predicted octanol–water partition coefficient (Wildman–Crippen LogP) is 0.925. The van der Waals surface area contributed by atoms with Gasteiger partial charge in [0.2, 0.25) is 0 Å². The first-order valence-electron chi connectivity index (χ1n) is 6.42. The molecule has 0 heterocycles. The van der Waals surface area contributed by atoms with Gasteiger partial charge in [0.15, 0.2) is 0 Å². The number of carbonyl (C=O) groups excluding carboxylic acids is 1. The summed E-state index contributed by atoms with van der Waals surface area (Å²) in [5, 5.41) is 11.8. The van der Waals surface area contributed by atoms with Crippen molar-refractivity contribution in [1.82, 2.24) is 5.32 Å². The van der Waals surface area contributed by atoms with E-state index in [0.717, 1.165) is 18.4 Å². The summed E-state index contributed by atoms with van der Waals surface area (Å²) in [5.41, 5.74) is 5.94. The lowest BCUT2D eigenvalue weighted by molar-refractivity contribution is -0.148. The number of hydrogen-bond acceptors (Lipinski definition) is 3. The molecule has 0 spiro atoms. The Kier molecular flexibility index (Phi) is 3.85. The molecule has 1 fully saturated rings. The summed E-state index contributed by atoms with van der Waals surface area (Å²) >= 11 is 0. The highest BCUT2D eigenvalue weighted by Gasteiger charge is 2.45. The van der Waals surface area contributed by atoms with Crippen LogP contribution in [0.3, 0.4) is 0 Å². The Hall–Kier alpha value is -1.88. The molecule has 0 atom stereocenters. The Labute approximate surface area is 111 Å². The van der Waals surface area contributed by atoms with E-state index in [1.54, 1.807) is 12.1 Å². The largest absolute Gasteiger partial charge is 0.480 e. The predicted molar refractivity (Wildman–Crippen MR) is 70.9 cm³/mol. The van der Waals surface area contributed by atoms with E-state index >= 15 is 0 Å². The lowest BCUT2D eigenvalue weighted by Crippen LogP contribution is -2.59. The quantitative estimate of drug-likeness (QED) is 0.736. The molecule has 5 heteroatoms. The Morgan fingerprint density at radius 2 is 1.89 bits per heavy atom. The van der Waals surface area contributed by atoms with E-state index < -0.39 is 11.5 Å². The minimum atomic E-state index is -1.06. The number of benzene rings is 1. The summed E-state index contributed by atoms with van der Waals surface area (Å²) in [6.45, 7) is 0.563. The molecule has 0 radical (unpaired) electrons. The number of carboxylic acid groups (broad SMARTS) is 1. The molecule has 102 valence electrons. The van der Waals surface area contributed by atoms with Crippen molar-refractivity contribution in [2.75, 3.05) is 6.54 Å². The minimum Gasteiger partial charge on any atom is -0.480 e. The second-order valence-corrected chi connectivity index (χ2v) is 4.93. The van der Waals surface area contributed by atoms with Gasteiger partial charge in [0.1, 0.15) is 5.54 Å². The van der Waals surface area contributed by atoms with Crippen LogP contribution in [0.1, 0.15) is 35.2 Å². The van der Waals surface area contributed by atoms with Crippen LogP contribution in [-0.2, 0) is 11.2 Å². The highest BCUT2D eigenvalue weighted by molar-refractivity contribution is 5.98. The molecule has 0 aromatic heterocycles. The fourth-order valence-corrected chi connectivity index (χ4v) is 2.20. The Morgan fingerprint density at radius 1 is 1.26 bits per heavy atom. The third-order valence-corrected chi connectivity index (χ3v) is 3.62. The summed E-state index contributed by atoms with van der Waals surface area (Å²) in [5.74, 6) is -1.28. The number of rotatable bonds is 5. The van der Waals surface area contributed by atoms with Crippen LogP contribution >= 0.6 is 0 Å². The van der Waals surface area contributed by atoms with Crippen LogP contribution in [0.2, 0.25) is 0 Å². The number of hydrogen-bond donors (Lipinski definition) is 3. The molecule has 1 aliphatic rings. The lowest BCUT2D eigenvalue weighted by Gasteiger charge is -2.38. The summed E-state index contributed by atoms with van der Waals surface area (Å²) in [6, 6.07) is 7.09. The Balaban J connectivity index is 2.05. The van der Waals surface area contributed by atoms with Crippen molar-refractivity contribution in [2.24, 2.45) is 5.73 Å². The van der Waals surface area contributed by atoms with E-state index in [-0.39, 0.29) is 5.91 Å². The van der Waals surface area contributed by atoms with Gasteiger partial charge in [0.05, 0.1) is 0 Å². The monoisotopic (exact) mass is 262 g/mol. The highest BCUT2D eigenvalue weighted by Crippen LogP contribution is 2.32. The van der Waals surface area contributed by atoms with Gasteiger partial charge in [-0.1, -0.05) is 12.1 Å². The van der Waals surface area contributed by atoms with Crippen LogP contribution in [0, 0.1) is 0 Å². The van der Waals surface area contributed by atoms with Crippen LogP contribution in [-0.4, -0.2) is 29.1 Å². The van der Waals surface area contributed by atoms with Crippen LogP contribution in [0.25, 0.3) is 0 Å². The van der Waals surface area contributed by atoms with E-state index in [9.17, 15) is 9.59 Å². The zero-order valence-corrected chi connectivity index (χ0v) is 10.7. The molecule has 1 aromatic carbocycles. The first kappa shape index (κ1) is 13.5. The maximum absolute atomic E-state index is 12.0. The average Bonchev–Trinajstić information content (AvgIpc) is 2.34. The molecule has 2 rings (SSSR count). The third-order valence-electron chi connectivity index (χ3n) is 3.62. The third kappa shape index (κ3) is 2.76. The molecule has 1 amide bonds. The molecule has 0 unspecified atom stereocenters. The zero-order chi connectivity index (χ0) is 13.9. The molecular formula is C14H18N2O3. The fraction of sp³-hybridized carbons (Fsp3) is 0.429. The average molecular weight is 262 g/mol. The van der Waals surface area contributed by atoms with Gasteiger partial charge in [-0.2, -0.15) is 0 Å². The molecule has 19 heavy (non-hydrogen) atoms. The lowest BCUT2D eigenvalue weighted by atomic mass is 9.76. The minimum absolute atomic E-state index is 0.332. The van der Waals surface area contributed by atoms with E-state index in [2.05, 4.69) is 5.32 Å². The molecule has 1 aromatic rings. The fourth-order valence-electron chi connectivity index (χ4n) is 2.20. The van der Waals surface area contributed by atoms with Gasteiger partial charge in [0, 0.05) is 5.56 Å². The summed E-state index contributed by atoms with van der Waals surface area (Å²) < 4.78 is 0. The topological polar surface area (TPSA) is 92.4 Å². The number of nitrogens with one attached hydrogen (secondary N) is 1. The standard InChI is InChI=1S/C14H18N2O3/c15-9-6-10-2-4-11(5-3-10)12(17)16-14(13(18)19)7-1-8-14/h2-5H,1,6-9,15H2,(H,16,17)(H,18,19). The number of carboxylic acids is 1. The SMILES string of the molecule is NCCc1ccc(C(=O)NC2(C(=O)O)CCC2)cc1. The van der Waals surface area contributed by atoms with Crippen LogP contribution in [0.5, 0.6) is 0 Å². The van der Waals surface area contributed by atoms with Crippen molar-refractivity contribution < 1.29 is 14.7 Å². The molecule has 4 N–H and O–H groups in total. The smallest absolute Gasteiger partial charge is 0.329 e. The number of nitrogens with two attached hydrogens (primary N) is 1. The number of aliphatic carboxylic acids is 1. The zero-order valence-electron chi connectivity index (χ0n) is 10.7. The van der Waals surface area contributed by atoms with Gasteiger partial charge in [-0.25, -0.2) is 4.79 Å². The maximum atomic E-state index is 12.0. The van der Waals surface area contributed by atoms with Crippen molar-refractivity contribution in [3.8, 4) is 0 Å². The number of amides is 1. The van der Waals surface area contributed by atoms with Gasteiger partial charge in [-0.15, -0.1) is 0 Å². The number of carbonyl (C=O) groups is 2. The van der Waals surface area contributed by atoms with Crippen molar-refractivity contribution in [1.29, 1.82) is 0 Å². The van der Waals surface area contributed by atoms with Gasteiger partial charge in [-0.3, -0.25) is 4.79 Å². The summed E-state index contributed by atoms with van der Waals surface area (Å²) in [7, 11) is 0. The molecule has 0 bridgehead atoms. The van der Waals surface area contributed by atoms with E-state index in [4.69, 9.17) is 10.8 Å². The van der Waals surface area contributed by atoms with Gasteiger partial charge >= 0.3 is 5.97 Å². The van der Waals surface area contributed by atoms with Crippen molar-refractivity contribution >= 4 is 11.9 Å². The van der Waals surface area contributed by atoms with Crippen LogP contribution in [0.4, 0.5) is 0 Å². The summed E-state index contributed by atoms with van der Waals surface area (Å²) in [6.07, 6.45) is 2.60. The first-order chi connectivity index (χ1) is 9.07. The van der Waals surface area contributed by atoms with Gasteiger partial charge < -0.3 is 16.2 Å². The van der Waals surface area contributed by atoms with Crippen molar-refractivity contribution in [3.63, 3.8) is 0 Å². The molecule has 5 nitrogen and oxygen atoms in total. The maximum Gasteiger partial charge on any atom is 0.329 e. The molecular weight excluding hydrogens is 244 g/mol. The van der Waals surface area contributed by atoms with Crippen molar-refractivity contribution in [3.05, 3.63) is 35.4 Å². The van der Waals surface area contributed by atoms with E-state index in [0.29, 0.717) is 24.9 Å². The Morgan fingerprint density at radius 3 is 2.32 bits per heavy atom. The second-order valence-electron chi connectivity index (χ2n) is 4.93. The normalized spacial score (nSPS) is 16.5. The van der Waals surface area contributed by atoms with E-state index in [1.165, 1.54) is 0 Å². The molecule has 0 aliphatic heterocycles. The van der Waals surface area contributed by atoms with Gasteiger partial charge in [-0.05, 0) is 49.9 Å². The second kappa shape index (κ2) is 5.40. The first-order valence-corrected chi connectivity index (χ1v) is 6.42. The molecule has 1 saturated carbocycles. The van der Waals surface area contributed by atoms with E-state index in [1.807, 2.05) is 12.1 Å². The highest BCUT2D eigenvalue weighted by atomic mass is 16.4. The molecule has 0 saturated heterocycles. The van der Waals surface area contributed by atoms with Crippen LogP contribution in [0.15, 0.2) is 24.3 Å². The van der Waals surface area contributed by atoms with Crippen LogP contribution < -0.4 is 11.1 Å². The van der Waals surface area contributed by atoms with Gasteiger partial charge in [0.25, 0.3) is 5.91 Å².